The van der Waals surface area contributed by atoms with E-state index in [2.05, 4.69) is 15.3 Å². The number of ether oxygens (including phenoxy) is 2. The van der Waals surface area contributed by atoms with Gasteiger partial charge in [-0.25, -0.2) is 9.67 Å². The predicted molar refractivity (Wildman–Crippen MR) is 160 cm³/mol. The topological polar surface area (TPSA) is 164 Å². The minimum atomic E-state index is -1.16. The Labute approximate surface area is 246 Å². The van der Waals surface area contributed by atoms with Gasteiger partial charge in [-0.2, -0.15) is 0 Å². The molecule has 0 saturated heterocycles. The van der Waals surface area contributed by atoms with E-state index in [1.165, 1.54) is 10.9 Å². The number of aromatic nitrogens is 4. The summed E-state index contributed by atoms with van der Waals surface area (Å²) in [6, 6.07) is 18.0. The van der Waals surface area contributed by atoms with Gasteiger partial charge in [0.25, 0.3) is 11.5 Å². The van der Waals surface area contributed by atoms with Crippen LogP contribution in [0.15, 0.2) is 83.9 Å². The number of para-hydroxylation sites is 1. The molecule has 0 aliphatic rings. The first kappa shape index (κ1) is 29.0. The van der Waals surface area contributed by atoms with Crippen LogP contribution in [0.2, 0.25) is 0 Å². The predicted octanol–water partition coefficient (Wildman–Crippen LogP) is 3.99. The van der Waals surface area contributed by atoms with Gasteiger partial charge < -0.3 is 25.6 Å². The van der Waals surface area contributed by atoms with E-state index in [0.29, 0.717) is 34.1 Å². The molecule has 4 N–H and O–H groups in total. The number of rotatable bonds is 10. The highest BCUT2D eigenvalue weighted by atomic mass is 16.5. The van der Waals surface area contributed by atoms with Crippen molar-refractivity contribution in [3.63, 3.8) is 0 Å². The zero-order chi connectivity index (χ0) is 30.7. The molecule has 220 valence electrons. The van der Waals surface area contributed by atoms with Crippen LogP contribution in [0.25, 0.3) is 16.6 Å². The normalized spacial score (nSPS) is 12.5. The molecule has 0 aliphatic carbocycles. The minimum absolute atomic E-state index is 0.0947. The summed E-state index contributed by atoms with van der Waals surface area (Å²) in [4.78, 5) is 47.1. The van der Waals surface area contributed by atoms with Gasteiger partial charge >= 0.3 is 5.97 Å². The standard InChI is InChI=1S/C31H30N6O6/c1-18(28(32)31(40)41)17-36-19(2)27(30(39)37(36)20-7-5-4-6-8-20)29(38)35-26-12-10-22(16-34-26)43-25-13-14-33-24-15-21(42-3)9-11-23(24)25/h4-16,18,28H,17,32H2,1-3H3,(H,40,41)(H,34,35,38)/t18?,28-/m1/s1. The van der Waals surface area contributed by atoms with E-state index in [1.54, 1.807) is 86.4 Å². The number of hydrogen-bond acceptors (Lipinski definition) is 8. The highest BCUT2D eigenvalue weighted by Gasteiger charge is 2.27. The molecule has 1 unspecified atom stereocenters. The van der Waals surface area contributed by atoms with Crippen molar-refractivity contribution in [3.05, 3.63) is 101 Å². The number of anilines is 1. The van der Waals surface area contributed by atoms with Crippen molar-refractivity contribution in [2.45, 2.75) is 26.4 Å². The number of fused-ring (bicyclic) bond motifs is 1. The van der Waals surface area contributed by atoms with Gasteiger partial charge in [0.05, 0.1) is 30.2 Å². The Morgan fingerprint density at radius 2 is 1.79 bits per heavy atom. The molecule has 12 heteroatoms. The second kappa shape index (κ2) is 12.2. The fourth-order valence-electron chi connectivity index (χ4n) is 4.72. The highest BCUT2D eigenvalue weighted by molar-refractivity contribution is 6.04. The van der Waals surface area contributed by atoms with Gasteiger partial charge in [-0.1, -0.05) is 25.1 Å². The SMILES string of the molecule is COc1ccc2c(Oc3ccc(NC(=O)c4c(C)n(CC(C)[C@@H](N)C(=O)O)n(-c5ccccc5)c4=O)nc3)ccnc2c1. The van der Waals surface area contributed by atoms with E-state index in [1.807, 2.05) is 12.1 Å². The molecule has 3 heterocycles. The second-order valence-corrected chi connectivity index (χ2v) is 9.96. The number of methoxy groups -OCH3 is 1. The van der Waals surface area contributed by atoms with E-state index >= 15 is 0 Å². The zero-order valence-corrected chi connectivity index (χ0v) is 23.7. The first-order valence-electron chi connectivity index (χ1n) is 13.4. The number of carbonyl (C=O) groups excluding carboxylic acids is 1. The maximum atomic E-state index is 13.6. The number of nitrogens with two attached hydrogens (primary N) is 1. The van der Waals surface area contributed by atoms with Crippen LogP contribution in [-0.4, -0.2) is 49.5 Å². The number of carboxylic acids is 1. The Hall–Kier alpha value is -5.49. The Balaban J connectivity index is 1.40. The number of nitrogens with zero attached hydrogens (tertiary/aromatic N) is 4. The number of amides is 1. The van der Waals surface area contributed by atoms with E-state index in [4.69, 9.17) is 15.2 Å². The lowest BCUT2D eigenvalue weighted by Crippen LogP contribution is -2.39. The lowest BCUT2D eigenvalue weighted by molar-refractivity contribution is -0.139. The maximum Gasteiger partial charge on any atom is 0.320 e. The number of hydrogen-bond donors (Lipinski definition) is 3. The molecule has 0 aliphatic heterocycles. The summed E-state index contributed by atoms with van der Waals surface area (Å²) in [5, 5.41) is 12.8. The molecule has 0 radical (unpaired) electrons. The fraction of sp³-hybridized carbons (Fsp3) is 0.194. The summed E-state index contributed by atoms with van der Waals surface area (Å²) in [7, 11) is 1.59. The van der Waals surface area contributed by atoms with Crippen molar-refractivity contribution in [2.24, 2.45) is 11.7 Å². The lowest BCUT2D eigenvalue weighted by Gasteiger charge is -2.20. The lowest BCUT2D eigenvalue weighted by atomic mass is 10.0. The van der Waals surface area contributed by atoms with Crippen LogP contribution in [0.1, 0.15) is 23.0 Å². The molecule has 2 atom stereocenters. The Bertz CT molecular complexity index is 1850. The summed E-state index contributed by atoms with van der Waals surface area (Å²) in [6.07, 6.45) is 3.09. The fourth-order valence-corrected chi connectivity index (χ4v) is 4.72. The average molecular weight is 583 g/mol. The van der Waals surface area contributed by atoms with Crippen molar-refractivity contribution in [1.82, 2.24) is 19.3 Å². The van der Waals surface area contributed by atoms with Crippen LogP contribution in [0.4, 0.5) is 5.82 Å². The molecule has 5 rings (SSSR count). The second-order valence-electron chi connectivity index (χ2n) is 9.96. The maximum absolute atomic E-state index is 13.6. The summed E-state index contributed by atoms with van der Waals surface area (Å²) in [6.45, 7) is 3.40. The summed E-state index contributed by atoms with van der Waals surface area (Å²) in [5.41, 5.74) is 6.78. The van der Waals surface area contributed by atoms with Crippen molar-refractivity contribution in [1.29, 1.82) is 0 Å². The van der Waals surface area contributed by atoms with Gasteiger partial charge in [-0.15, -0.1) is 0 Å². The quantitative estimate of drug-likeness (QED) is 0.221. The molecule has 3 aromatic heterocycles. The Morgan fingerprint density at radius 1 is 1.05 bits per heavy atom. The van der Waals surface area contributed by atoms with Crippen LogP contribution in [0.5, 0.6) is 17.2 Å². The van der Waals surface area contributed by atoms with Gasteiger partial charge in [0.2, 0.25) is 0 Å². The molecule has 0 saturated carbocycles. The monoisotopic (exact) mass is 582 g/mol. The van der Waals surface area contributed by atoms with Crippen LogP contribution >= 0.6 is 0 Å². The summed E-state index contributed by atoms with van der Waals surface area (Å²) >= 11 is 0. The third kappa shape index (κ3) is 5.95. The largest absolute Gasteiger partial charge is 0.497 e. The Kier molecular flexibility index (Phi) is 8.21. The number of carboxylic acid groups (broad SMARTS) is 1. The molecule has 12 nitrogen and oxygen atoms in total. The molecule has 0 bridgehead atoms. The van der Waals surface area contributed by atoms with Gasteiger partial charge in [0, 0.05) is 30.1 Å². The average Bonchev–Trinajstić information content (AvgIpc) is 3.26. The summed E-state index contributed by atoms with van der Waals surface area (Å²) < 4.78 is 14.2. The van der Waals surface area contributed by atoms with Gasteiger partial charge in [-0.05, 0) is 49.4 Å². The molecule has 0 fully saturated rings. The molecule has 43 heavy (non-hydrogen) atoms. The van der Waals surface area contributed by atoms with Crippen LogP contribution in [0, 0.1) is 12.8 Å². The van der Waals surface area contributed by atoms with Gasteiger partial charge in [-0.3, -0.25) is 24.0 Å². The molecule has 1 amide bonds. The molecular weight excluding hydrogens is 552 g/mol. The van der Waals surface area contributed by atoms with Crippen LogP contribution < -0.4 is 26.1 Å². The third-order valence-electron chi connectivity index (χ3n) is 7.10. The summed E-state index contributed by atoms with van der Waals surface area (Å²) in [5.74, 6) is -0.460. The number of aliphatic carboxylic acids is 1. The third-order valence-corrected chi connectivity index (χ3v) is 7.10. The smallest absolute Gasteiger partial charge is 0.320 e. The van der Waals surface area contributed by atoms with Crippen molar-refractivity contribution >= 4 is 28.6 Å². The van der Waals surface area contributed by atoms with Crippen molar-refractivity contribution in [2.75, 3.05) is 12.4 Å². The van der Waals surface area contributed by atoms with E-state index < -0.39 is 29.4 Å². The Morgan fingerprint density at radius 3 is 2.47 bits per heavy atom. The number of pyridine rings is 2. The molecule has 0 spiro atoms. The molecule has 5 aromatic rings. The van der Waals surface area contributed by atoms with Crippen LogP contribution in [0.3, 0.4) is 0 Å². The van der Waals surface area contributed by atoms with Gasteiger partial charge in [0.15, 0.2) is 0 Å². The van der Waals surface area contributed by atoms with Crippen LogP contribution in [-0.2, 0) is 11.3 Å². The molecule has 2 aromatic carbocycles. The number of benzene rings is 2. The zero-order valence-electron chi connectivity index (χ0n) is 23.7. The minimum Gasteiger partial charge on any atom is -0.497 e. The first-order valence-corrected chi connectivity index (χ1v) is 13.4. The van der Waals surface area contributed by atoms with Gasteiger partial charge in [0.1, 0.15) is 34.7 Å². The van der Waals surface area contributed by atoms with Crippen molar-refractivity contribution in [3.8, 4) is 22.9 Å². The van der Waals surface area contributed by atoms with E-state index in [-0.39, 0.29) is 17.9 Å². The van der Waals surface area contributed by atoms with E-state index in [9.17, 15) is 19.5 Å². The van der Waals surface area contributed by atoms with Crippen molar-refractivity contribution < 1.29 is 24.2 Å². The van der Waals surface area contributed by atoms with E-state index in [0.717, 1.165) is 5.39 Å². The highest BCUT2D eigenvalue weighted by Crippen LogP contribution is 2.31. The first-order chi connectivity index (χ1) is 20.7. The number of nitrogens with one attached hydrogen (secondary N) is 1. The number of carbonyl (C=O) groups is 2. The molecular formula is C31H30N6O6.